The molecule has 0 heterocycles. The van der Waals surface area contributed by atoms with Crippen molar-refractivity contribution in [1.29, 1.82) is 0 Å². The predicted molar refractivity (Wildman–Crippen MR) is 50.6 cm³/mol. The Morgan fingerprint density at radius 1 is 1.43 bits per heavy atom. The number of alkyl halides is 2. The van der Waals surface area contributed by atoms with Gasteiger partial charge < -0.3 is 5.73 Å². The molecule has 0 fully saturated rings. The summed E-state index contributed by atoms with van der Waals surface area (Å²) in [6.45, 7) is 2.95. The van der Waals surface area contributed by atoms with Crippen molar-refractivity contribution >= 4 is 11.5 Å². The summed E-state index contributed by atoms with van der Waals surface area (Å²) in [6, 6.07) is 2.58. The third kappa shape index (κ3) is 1.73. The molecule has 0 radical (unpaired) electrons. The Hall–Kier alpha value is -1.45. The number of rotatable bonds is 2. The molecule has 1 rings (SSSR count). The second-order valence-corrected chi connectivity index (χ2v) is 3.10. The molecule has 0 saturated heterocycles. The van der Waals surface area contributed by atoms with Crippen LogP contribution in [0.25, 0.3) is 0 Å². The van der Waals surface area contributed by atoms with E-state index in [-0.39, 0.29) is 17.0 Å². The van der Waals surface area contributed by atoms with Crippen molar-refractivity contribution < 1.29 is 13.6 Å². The number of nitrogen functional groups attached to an aromatic ring is 1. The van der Waals surface area contributed by atoms with Crippen molar-refractivity contribution in [1.82, 2.24) is 0 Å². The lowest BCUT2D eigenvalue weighted by atomic mass is 10.00. The fourth-order valence-corrected chi connectivity index (χ4v) is 1.32. The van der Waals surface area contributed by atoms with E-state index in [1.165, 1.54) is 19.1 Å². The minimum atomic E-state index is -2.60. The molecule has 0 bridgehead atoms. The van der Waals surface area contributed by atoms with E-state index in [1.807, 2.05) is 0 Å². The lowest BCUT2D eigenvalue weighted by Gasteiger charge is -2.10. The monoisotopic (exact) mass is 199 g/mol. The molecule has 4 heteroatoms. The standard InChI is InChI=1S/C10H11F2NO/c1-5-7(6(2)14)3-4-8(9(5)13)10(11)12/h3-4,10H,13H2,1-2H3. The average molecular weight is 199 g/mol. The molecule has 1 aromatic rings. The Morgan fingerprint density at radius 3 is 2.43 bits per heavy atom. The molecule has 14 heavy (non-hydrogen) atoms. The summed E-state index contributed by atoms with van der Waals surface area (Å²) in [5.74, 6) is -0.171. The smallest absolute Gasteiger partial charge is 0.265 e. The van der Waals surface area contributed by atoms with E-state index in [0.29, 0.717) is 11.1 Å². The maximum absolute atomic E-state index is 12.4. The summed E-state index contributed by atoms with van der Waals surface area (Å²) >= 11 is 0. The molecular weight excluding hydrogens is 188 g/mol. The fraction of sp³-hybridized carbons (Fsp3) is 0.300. The van der Waals surface area contributed by atoms with E-state index in [9.17, 15) is 13.6 Å². The van der Waals surface area contributed by atoms with E-state index < -0.39 is 6.43 Å². The van der Waals surface area contributed by atoms with Gasteiger partial charge in [-0.25, -0.2) is 8.78 Å². The lowest BCUT2D eigenvalue weighted by molar-refractivity contribution is 0.101. The molecule has 0 saturated carbocycles. The van der Waals surface area contributed by atoms with Gasteiger partial charge in [-0.2, -0.15) is 0 Å². The number of anilines is 1. The van der Waals surface area contributed by atoms with Gasteiger partial charge in [0, 0.05) is 16.8 Å². The zero-order chi connectivity index (χ0) is 10.9. The molecule has 0 aliphatic carbocycles. The number of nitrogens with two attached hydrogens (primary N) is 1. The normalized spacial score (nSPS) is 10.6. The number of carbonyl (C=O) groups is 1. The van der Waals surface area contributed by atoms with Crippen LogP contribution in [0.1, 0.15) is 34.8 Å². The minimum absolute atomic E-state index is 0.00713. The summed E-state index contributed by atoms with van der Waals surface area (Å²) in [5, 5.41) is 0. The highest BCUT2D eigenvalue weighted by molar-refractivity contribution is 5.97. The molecule has 0 aromatic heterocycles. The summed E-state index contributed by atoms with van der Waals surface area (Å²) in [5.41, 5.74) is 6.10. The number of Topliss-reactive ketones (excluding diaryl/α,β-unsaturated/α-hetero) is 1. The number of benzene rings is 1. The molecule has 1 aromatic carbocycles. The van der Waals surface area contributed by atoms with Crippen LogP contribution < -0.4 is 5.73 Å². The van der Waals surface area contributed by atoms with E-state index in [0.717, 1.165) is 0 Å². The van der Waals surface area contributed by atoms with Gasteiger partial charge in [-0.15, -0.1) is 0 Å². The van der Waals surface area contributed by atoms with Crippen molar-refractivity contribution in [3.8, 4) is 0 Å². The van der Waals surface area contributed by atoms with Crippen molar-refractivity contribution in [2.75, 3.05) is 5.73 Å². The summed E-state index contributed by atoms with van der Waals surface area (Å²) in [6.07, 6.45) is -2.60. The van der Waals surface area contributed by atoms with Gasteiger partial charge in [-0.1, -0.05) is 12.1 Å². The van der Waals surface area contributed by atoms with Crippen LogP contribution in [-0.4, -0.2) is 5.78 Å². The Kier molecular flexibility index (Phi) is 2.84. The van der Waals surface area contributed by atoms with Gasteiger partial charge in [-0.3, -0.25) is 4.79 Å². The highest BCUT2D eigenvalue weighted by atomic mass is 19.3. The topological polar surface area (TPSA) is 43.1 Å². The van der Waals surface area contributed by atoms with Crippen molar-refractivity contribution in [3.05, 3.63) is 28.8 Å². The number of ketones is 1. The molecule has 2 N–H and O–H groups in total. The first kappa shape index (κ1) is 10.6. The Bertz CT molecular complexity index is 375. The van der Waals surface area contributed by atoms with Crippen LogP contribution in [0.2, 0.25) is 0 Å². The van der Waals surface area contributed by atoms with Crippen LogP contribution in [0.5, 0.6) is 0 Å². The van der Waals surface area contributed by atoms with Gasteiger partial charge in [0.2, 0.25) is 0 Å². The zero-order valence-corrected chi connectivity index (χ0v) is 7.97. The zero-order valence-electron chi connectivity index (χ0n) is 7.97. The van der Waals surface area contributed by atoms with Gasteiger partial charge in [-0.05, 0) is 19.4 Å². The summed E-state index contributed by atoms with van der Waals surface area (Å²) in [4.78, 5) is 11.1. The van der Waals surface area contributed by atoms with Gasteiger partial charge >= 0.3 is 0 Å². The molecule has 0 aliphatic rings. The number of hydrogen-bond acceptors (Lipinski definition) is 2. The SMILES string of the molecule is CC(=O)c1ccc(C(F)F)c(N)c1C. The number of halogens is 2. The van der Waals surface area contributed by atoms with Crippen LogP contribution in [0, 0.1) is 6.92 Å². The highest BCUT2D eigenvalue weighted by Gasteiger charge is 2.15. The average Bonchev–Trinajstić information content (AvgIpc) is 2.08. The quantitative estimate of drug-likeness (QED) is 0.587. The molecule has 0 aliphatic heterocycles. The van der Waals surface area contributed by atoms with Crippen molar-refractivity contribution in [2.24, 2.45) is 0 Å². The Morgan fingerprint density at radius 2 is 2.00 bits per heavy atom. The maximum atomic E-state index is 12.4. The molecule has 0 amide bonds. The van der Waals surface area contributed by atoms with Crippen molar-refractivity contribution in [3.63, 3.8) is 0 Å². The van der Waals surface area contributed by atoms with Crippen LogP contribution in [0.3, 0.4) is 0 Å². The third-order valence-electron chi connectivity index (χ3n) is 2.16. The second kappa shape index (κ2) is 3.74. The van der Waals surface area contributed by atoms with Crippen LogP contribution in [-0.2, 0) is 0 Å². The Labute approximate surface area is 80.7 Å². The molecule has 0 spiro atoms. The van der Waals surface area contributed by atoms with E-state index >= 15 is 0 Å². The number of carbonyl (C=O) groups excluding carboxylic acids is 1. The first-order valence-corrected chi connectivity index (χ1v) is 4.13. The lowest BCUT2D eigenvalue weighted by Crippen LogP contribution is -2.04. The summed E-state index contributed by atoms with van der Waals surface area (Å²) < 4.78 is 24.8. The number of hydrogen-bond donors (Lipinski definition) is 1. The van der Waals surface area contributed by atoms with Gasteiger partial charge in [0.25, 0.3) is 6.43 Å². The van der Waals surface area contributed by atoms with Gasteiger partial charge in [0.05, 0.1) is 0 Å². The van der Waals surface area contributed by atoms with Crippen LogP contribution >= 0.6 is 0 Å². The molecule has 0 atom stereocenters. The van der Waals surface area contributed by atoms with Gasteiger partial charge in [0.1, 0.15) is 0 Å². The minimum Gasteiger partial charge on any atom is -0.398 e. The highest BCUT2D eigenvalue weighted by Crippen LogP contribution is 2.29. The van der Waals surface area contributed by atoms with Crippen molar-refractivity contribution in [2.45, 2.75) is 20.3 Å². The largest absolute Gasteiger partial charge is 0.398 e. The molecule has 2 nitrogen and oxygen atoms in total. The second-order valence-electron chi connectivity index (χ2n) is 3.10. The van der Waals surface area contributed by atoms with Crippen LogP contribution in [0.15, 0.2) is 12.1 Å². The van der Waals surface area contributed by atoms with Gasteiger partial charge in [0.15, 0.2) is 5.78 Å². The van der Waals surface area contributed by atoms with E-state index in [1.54, 1.807) is 6.92 Å². The van der Waals surface area contributed by atoms with E-state index in [4.69, 9.17) is 5.73 Å². The fourth-order valence-electron chi connectivity index (χ4n) is 1.32. The Balaban J connectivity index is 3.33. The maximum Gasteiger partial charge on any atom is 0.265 e. The third-order valence-corrected chi connectivity index (χ3v) is 2.16. The van der Waals surface area contributed by atoms with Crippen LogP contribution in [0.4, 0.5) is 14.5 Å². The summed E-state index contributed by atoms with van der Waals surface area (Å²) in [7, 11) is 0. The first-order chi connectivity index (χ1) is 6.45. The molecular formula is C10H11F2NO. The molecule has 76 valence electrons. The first-order valence-electron chi connectivity index (χ1n) is 4.13. The van der Waals surface area contributed by atoms with E-state index in [2.05, 4.69) is 0 Å². The predicted octanol–water partition coefficient (Wildman–Crippen LogP) is 2.72. The molecule has 0 unspecified atom stereocenters.